The van der Waals surface area contributed by atoms with Gasteiger partial charge in [0.25, 0.3) is 15.9 Å². The molecule has 3 aromatic carbocycles. The number of benzene rings is 3. The maximum atomic E-state index is 13.0. The van der Waals surface area contributed by atoms with Crippen LogP contribution >= 0.6 is 22.9 Å². The number of hydrogen-bond acceptors (Lipinski definition) is 6. The first-order chi connectivity index (χ1) is 15.7. The summed E-state index contributed by atoms with van der Waals surface area (Å²) in [5, 5.41) is 11.7. The predicted molar refractivity (Wildman–Crippen MR) is 131 cm³/mol. The number of halogens is 1. The van der Waals surface area contributed by atoms with Crippen molar-refractivity contribution < 1.29 is 13.2 Å². The minimum atomic E-state index is -4.03. The average Bonchev–Trinajstić information content (AvgIpc) is 3.25. The normalized spacial score (nSPS) is 11.2. The van der Waals surface area contributed by atoms with Gasteiger partial charge in [0.05, 0.1) is 10.7 Å². The number of nitrogens with one attached hydrogen (secondary N) is 2. The molecule has 7 nitrogen and oxygen atoms in total. The summed E-state index contributed by atoms with van der Waals surface area (Å²) >= 11 is 7.40. The molecular weight excluding hydrogens is 480 g/mol. The highest BCUT2D eigenvalue weighted by atomic mass is 35.5. The third kappa shape index (κ3) is 5.22. The van der Waals surface area contributed by atoms with Crippen molar-refractivity contribution in [1.29, 1.82) is 0 Å². The van der Waals surface area contributed by atoms with Crippen LogP contribution in [-0.4, -0.2) is 24.5 Å². The maximum Gasteiger partial charge on any atom is 0.263 e. The Labute approximate surface area is 200 Å². The summed E-state index contributed by atoms with van der Waals surface area (Å²) in [4.78, 5) is 12.6. The number of anilines is 2. The van der Waals surface area contributed by atoms with Crippen LogP contribution < -0.4 is 10.0 Å². The van der Waals surface area contributed by atoms with Gasteiger partial charge in [0.15, 0.2) is 0 Å². The number of nitrogens with zero attached hydrogens (tertiary/aromatic N) is 2. The molecule has 10 heteroatoms. The highest BCUT2D eigenvalue weighted by Crippen LogP contribution is 2.29. The van der Waals surface area contributed by atoms with E-state index in [1.807, 2.05) is 49.4 Å². The molecule has 0 aliphatic heterocycles. The van der Waals surface area contributed by atoms with Gasteiger partial charge in [0, 0.05) is 11.1 Å². The van der Waals surface area contributed by atoms with Crippen molar-refractivity contribution in [1.82, 2.24) is 10.2 Å². The standard InChI is InChI=1S/C23H19ClN4O3S2/c1-14-8-9-15(2)19(12-14)28-33(30,31)20-13-17(10-11-18(20)24)21(29)25-23-27-26-22(32-23)16-6-4-3-5-7-16/h3-13,28H,1-2H3,(H,25,27,29). The topological polar surface area (TPSA) is 101 Å². The molecule has 0 spiro atoms. The Balaban J connectivity index is 1.57. The highest BCUT2D eigenvalue weighted by molar-refractivity contribution is 7.92. The quantitative estimate of drug-likeness (QED) is 0.364. The Kier molecular flexibility index (Phi) is 6.46. The Morgan fingerprint density at radius 1 is 0.970 bits per heavy atom. The number of rotatable bonds is 6. The molecule has 2 N–H and O–H groups in total. The predicted octanol–water partition coefficient (Wildman–Crippen LogP) is 5.53. The first-order valence-electron chi connectivity index (χ1n) is 9.83. The van der Waals surface area contributed by atoms with Gasteiger partial charge in [0.1, 0.15) is 9.90 Å². The van der Waals surface area contributed by atoms with E-state index in [-0.39, 0.29) is 15.5 Å². The lowest BCUT2D eigenvalue weighted by atomic mass is 10.1. The Morgan fingerprint density at radius 2 is 1.73 bits per heavy atom. The van der Waals surface area contributed by atoms with Crippen LogP contribution in [-0.2, 0) is 10.0 Å². The first-order valence-corrected chi connectivity index (χ1v) is 12.5. The van der Waals surface area contributed by atoms with Gasteiger partial charge in [-0.2, -0.15) is 0 Å². The number of hydrogen-bond donors (Lipinski definition) is 2. The van der Waals surface area contributed by atoms with Gasteiger partial charge in [-0.05, 0) is 49.2 Å². The van der Waals surface area contributed by atoms with E-state index in [9.17, 15) is 13.2 Å². The summed E-state index contributed by atoms with van der Waals surface area (Å²) in [6, 6.07) is 19.0. The van der Waals surface area contributed by atoms with E-state index >= 15 is 0 Å². The molecule has 33 heavy (non-hydrogen) atoms. The van der Waals surface area contributed by atoms with Gasteiger partial charge in [-0.1, -0.05) is 65.4 Å². The van der Waals surface area contributed by atoms with Gasteiger partial charge < -0.3 is 0 Å². The van der Waals surface area contributed by atoms with E-state index in [4.69, 9.17) is 11.6 Å². The van der Waals surface area contributed by atoms with Gasteiger partial charge in [-0.15, -0.1) is 10.2 Å². The molecule has 0 fully saturated rings. The van der Waals surface area contributed by atoms with E-state index in [0.29, 0.717) is 15.8 Å². The molecule has 0 aliphatic rings. The molecule has 0 atom stereocenters. The smallest absolute Gasteiger partial charge is 0.263 e. The van der Waals surface area contributed by atoms with Gasteiger partial charge >= 0.3 is 0 Å². The van der Waals surface area contributed by atoms with E-state index in [1.54, 1.807) is 13.0 Å². The lowest BCUT2D eigenvalue weighted by molar-refractivity contribution is 0.102. The number of carbonyl (C=O) groups is 1. The van der Waals surface area contributed by atoms with Gasteiger partial charge in [0.2, 0.25) is 5.13 Å². The summed E-state index contributed by atoms with van der Waals surface area (Å²) in [6.45, 7) is 3.67. The van der Waals surface area contributed by atoms with Crippen molar-refractivity contribution in [3.8, 4) is 10.6 Å². The molecule has 0 radical (unpaired) electrons. The van der Waals surface area contributed by atoms with Crippen molar-refractivity contribution >= 4 is 49.7 Å². The molecule has 0 saturated carbocycles. The van der Waals surface area contributed by atoms with E-state index in [2.05, 4.69) is 20.2 Å². The fraction of sp³-hybridized carbons (Fsp3) is 0.0870. The van der Waals surface area contributed by atoms with E-state index in [1.165, 1.54) is 29.5 Å². The number of sulfonamides is 1. The van der Waals surface area contributed by atoms with Crippen LogP contribution in [0.5, 0.6) is 0 Å². The monoisotopic (exact) mass is 498 g/mol. The lowest BCUT2D eigenvalue weighted by Crippen LogP contribution is -2.17. The van der Waals surface area contributed by atoms with Crippen molar-refractivity contribution in [2.24, 2.45) is 0 Å². The zero-order chi connectivity index (χ0) is 23.6. The second-order valence-corrected chi connectivity index (χ2v) is 10.3. The minimum Gasteiger partial charge on any atom is -0.296 e. The first kappa shape index (κ1) is 22.9. The largest absolute Gasteiger partial charge is 0.296 e. The minimum absolute atomic E-state index is 0.00614. The van der Waals surface area contributed by atoms with E-state index in [0.717, 1.165) is 16.7 Å². The number of aryl methyl sites for hydroxylation is 2. The second kappa shape index (κ2) is 9.30. The third-order valence-electron chi connectivity index (χ3n) is 4.79. The second-order valence-electron chi connectivity index (χ2n) is 7.30. The van der Waals surface area contributed by atoms with Crippen LogP contribution in [0.25, 0.3) is 10.6 Å². The fourth-order valence-corrected chi connectivity index (χ4v) is 5.43. The molecule has 1 aromatic heterocycles. The molecular formula is C23H19ClN4O3S2. The Bertz CT molecular complexity index is 1440. The Hall–Kier alpha value is -3.27. The summed E-state index contributed by atoms with van der Waals surface area (Å²) in [7, 11) is -4.03. The molecule has 1 amide bonds. The zero-order valence-corrected chi connectivity index (χ0v) is 20.1. The fourth-order valence-electron chi connectivity index (χ4n) is 3.04. The summed E-state index contributed by atoms with van der Waals surface area (Å²) in [5.41, 5.74) is 3.12. The molecule has 0 unspecified atom stereocenters. The van der Waals surface area contributed by atoms with Crippen LogP contribution in [0.4, 0.5) is 10.8 Å². The number of amides is 1. The van der Waals surface area contributed by atoms with Crippen LogP contribution in [0.2, 0.25) is 5.02 Å². The maximum absolute atomic E-state index is 13.0. The molecule has 4 rings (SSSR count). The van der Waals surface area contributed by atoms with Gasteiger partial charge in [-0.25, -0.2) is 8.42 Å². The molecule has 0 bridgehead atoms. The summed E-state index contributed by atoms with van der Waals surface area (Å²) in [6.07, 6.45) is 0. The molecule has 0 aliphatic carbocycles. The summed E-state index contributed by atoms with van der Waals surface area (Å²) in [5.74, 6) is -0.523. The van der Waals surface area contributed by atoms with Crippen molar-refractivity contribution in [3.05, 3.63) is 88.4 Å². The summed E-state index contributed by atoms with van der Waals surface area (Å²) < 4.78 is 28.6. The average molecular weight is 499 g/mol. The van der Waals surface area contributed by atoms with Crippen molar-refractivity contribution in [2.75, 3.05) is 10.0 Å². The lowest BCUT2D eigenvalue weighted by Gasteiger charge is -2.13. The van der Waals surface area contributed by atoms with Crippen LogP contribution in [0.3, 0.4) is 0 Å². The third-order valence-corrected chi connectivity index (χ3v) is 7.52. The zero-order valence-electron chi connectivity index (χ0n) is 17.7. The Morgan fingerprint density at radius 3 is 2.48 bits per heavy atom. The van der Waals surface area contributed by atoms with Crippen molar-refractivity contribution in [2.45, 2.75) is 18.7 Å². The van der Waals surface area contributed by atoms with Crippen LogP contribution in [0, 0.1) is 13.8 Å². The van der Waals surface area contributed by atoms with Gasteiger partial charge in [-0.3, -0.25) is 14.8 Å². The number of aromatic nitrogens is 2. The molecule has 4 aromatic rings. The van der Waals surface area contributed by atoms with Crippen molar-refractivity contribution in [3.63, 3.8) is 0 Å². The van der Waals surface area contributed by atoms with E-state index < -0.39 is 15.9 Å². The molecule has 1 heterocycles. The van der Waals surface area contributed by atoms with Crippen LogP contribution in [0.15, 0.2) is 71.6 Å². The number of carbonyl (C=O) groups excluding carboxylic acids is 1. The highest BCUT2D eigenvalue weighted by Gasteiger charge is 2.22. The van der Waals surface area contributed by atoms with Crippen LogP contribution in [0.1, 0.15) is 21.5 Å². The molecule has 0 saturated heterocycles. The molecule has 168 valence electrons. The SMILES string of the molecule is Cc1ccc(C)c(NS(=O)(=O)c2cc(C(=O)Nc3nnc(-c4ccccc4)s3)ccc2Cl)c1.